The Bertz CT molecular complexity index is 476. The predicted molar refractivity (Wildman–Crippen MR) is 45.7 cm³/mol. The number of nitrogens with zero attached hydrogens (tertiary/aromatic N) is 3. The third kappa shape index (κ3) is 1.47. The van der Waals surface area contributed by atoms with Crippen LogP contribution in [-0.2, 0) is 6.18 Å². The molecule has 14 heavy (non-hydrogen) atoms. The molecule has 0 amide bonds. The molecule has 0 N–H and O–H groups in total. The molecule has 3 nitrogen and oxygen atoms in total. The maximum Gasteiger partial charge on any atom is 0.417 e. The Hall–Kier alpha value is -1.11. The lowest BCUT2D eigenvalue weighted by Crippen LogP contribution is -2.06. The molecule has 0 radical (unpaired) electrons. The van der Waals surface area contributed by atoms with Crippen LogP contribution in [0.2, 0.25) is 0 Å². The van der Waals surface area contributed by atoms with Gasteiger partial charge in [0.1, 0.15) is 6.33 Å². The van der Waals surface area contributed by atoms with Gasteiger partial charge >= 0.3 is 6.18 Å². The highest BCUT2D eigenvalue weighted by Gasteiger charge is 2.31. The molecule has 0 bridgehead atoms. The molecule has 0 aliphatic carbocycles. The Balaban J connectivity index is 2.70. The number of pyridine rings is 1. The van der Waals surface area contributed by atoms with Gasteiger partial charge in [-0.05, 0) is 22.0 Å². The van der Waals surface area contributed by atoms with Gasteiger partial charge in [-0.3, -0.25) is 4.40 Å². The maximum atomic E-state index is 12.3. The largest absolute Gasteiger partial charge is 0.417 e. The van der Waals surface area contributed by atoms with Crippen LogP contribution < -0.4 is 0 Å². The summed E-state index contributed by atoms with van der Waals surface area (Å²) in [4.78, 5) is 0. The van der Waals surface area contributed by atoms with Gasteiger partial charge in [-0.15, -0.1) is 10.2 Å². The van der Waals surface area contributed by atoms with E-state index in [-0.39, 0.29) is 4.47 Å². The fraction of sp³-hybridized carbons (Fsp3) is 0.143. The first-order valence-corrected chi connectivity index (χ1v) is 4.34. The van der Waals surface area contributed by atoms with Gasteiger partial charge in [0.25, 0.3) is 0 Å². The van der Waals surface area contributed by atoms with Crippen LogP contribution in [0.25, 0.3) is 5.65 Å². The van der Waals surface area contributed by atoms with E-state index in [1.165, 1.54) is 10.7 Å². The number of aromatic nitrogens is 3. The summed E-state index contributed by atoms with van der Waals surface area (Å²) >= 11 is 3.00. The summed E-state index contributed by atoms with van der Waals surface area (Å²) in [6.45, 7) is 0. The molecule has 0 atom stereocenters. The predicted octanol–water partition coefficient (Wildman–Crippen LogP) is 2.51. The summed E-state index contributed by atoms with van der Waals surface area (Å²) in [6.07, 6.45) is -2.20. The monoisotopic (exact) mass is 265 g/mol. The lowest BCUT2D eigenvalue weighted by atomic mass is 10.3. The van der Waals surface area contributed by atoms with E-state index in [1.54, 1.807) is 0 Å². The second kappa shape index (κ2) is 2.94. The van der Waals surface area contributed by atoms with Crippen molar-refractivity contribution < 1.29 is 13.2 Å². The molecular weight excluding hydrogens is 263 g/mol. The fourth-order valence-electron chi connectivity index (χ4n) is 1.05. The van der Waals surface area contributed by atoms with Crippen LogP contribution in [0.3, 0.4) is 0 Å². The van der Waals surface area contributed by atoms with Crippen molar-refractivity contribution in [1.29, 1.82) is 0 Å². The van der Waals surface area contributed by atoms with Crippen LogP contribution in [0.5, 0.6) is 0 Å². The zero-order valence-corrected chi connectivity index (χ0v) is 8.17. The van der Waals surface area contributed by atoms with Crippen LogP contribution in [0.1, 0.15) is 5.56 Å². The minimum absolute atomic E-state index is 0.268. The number of alkyl halides is 3. The van der Waals surface area contributed by atoms with E-state index < -0.39 is 11.7 Å². The highest BCUT2D eigenvalue weighted by atomic mass is 79.9. The normalized spacial score (nSPS) is 12.3. The number of rotatable bonds is 0. The second-order valence-electron chi connectivity index (χ2n) is 2.64. The average molecular weight is 266 g/mol. The molecule has 0 saturated heterocycles. The third-order valence-electron chi connectivity index (χ3n) is 1.67. The minimum Gasteiger partial charge on any atom is -0.287 e. The SMILES string of the molecule is FC(F)(F)c1cc(Br)c2nncn2c1. The Morgan fingerprint density at radius 2 is 2.07 bits per heavy atom. The van der Waals surface area contributed by atoms with Gasteiger partial charge < -0.3 is 0 Å². The number of halogens is 4. The summed E-state index contributed by atoms with van der Waals surface area (Å²) < 4.78 is 38.5. The summed E-state index contributed by atoms with van der Waals surface area (Å²) in [7, 11) is 0. The summed E-state index contributed by atoms with van der Waals surface area (Å²) in [5, 5.41) is 7.14. The third-order valence-corrected chi connectivity index (χ3v) is 2.26. The smallest absolute Gasteiger partial charge is 0.287 e. The lowest BCUT2D eigenvalue weighted by Gasteiger charge is -2.07. The molecule has 0 aliphatic heterocycles. The van der Waals surface area contributed by atoms with Crippen molar-refractivity contribution in [3.63, 3.8) is 0 Å². The van der Waals surface area contributed by atoms with Gasteiger partial charge in [0, 0.05) is 6.20 Å². The lowest BCUT2D eigenvalue weighted by molar-refractivity contribution is -0.137. The van der Waals surface area contributed by atoms with E-state index >= 15 is 0 Å². The Labute approximate surface area is 84.7 Å². The van der Waals surface area contributed by atoms with Crippen molar-refractivity contribution in [1.82, 2.24) is 14.6 Å². The van der Waals surface area contributed by atoms with Gasteiger partial charge in [0.15, 0.2) is 5.65 Å². The molecule has 0 aliphatic rings. The Morgan fingerprint density at radius 1 is 1.36 bits per heavy atom. The van der Waals surface area contributed by atoms with E-state index in [9.17, 15) is 13.2 Å². The number of fused-ring (bicyclic) bond motifs is 1. The van der Waals surface area contributed by atoms with Gasteiger partial charge in [-0.1, -0.05) is 0 Å². The zero-order valence-electron chi connectivity index (χ0n) is 6.59. The summed E-state index contributed by atoms with van der Waals surface area (Å²) in [5.41, 5.74) is -0.380. The minimum atomic E-state index is -4.36. The molecule has 0 unspecified atom stereocenters. The first kappa shape index (κ1) is 9.45. The fourth-order valence-corrected chi connectivity index (χ4v) is 1.58. The van der Waals surface area contributed by atoms with Gasteiger partial charge in [-0.25, -0.2) is 0 Å². The zero-order chi connectivity index (χ0) is 10.3. The first-order valence-electron chi connectivity index (χ1n) is 3.54. The molecule has 0 fully saturated rings. The molecule has 2 heterocycles. The quantitative estimate of drug-likeness (QED) is 0.733. The molecule has 2 aromatic heterocycles. The molecule has 0 saturated carbocycles. The molecular formula is C7H3BrF3N3. The summed E-state index contributed by atoms with van der Waals surface area (Å²) in [5.74, 6) is 0. The van der Waals surface area contributed by atoms with Gasteiger partial charge in [0.05, 0.1) is 10.0 Å². The van der Waals surface area contributed by atoms with Gasteiger partial charge in [-0.2, -0.15) is 13.2 Å². The highest BCUT2D eigenvalue weighted by molar-refractivity contribution is 9.10. The maximum absolute atomic E-state index is 12.3. The number of hydrogen-bond acceptors (Lipinski definition) is 2. The number of hydrogen-bond donors (Lipinski definition) is 0. The van der Waals surface area contributed by atoms with E-state index in [0.29, 0.717) is 5.65 Å². The van der Waals surface area contributed by atoms with E-state index in [4.69, 9.17) is 0 Å². The highest BCUT2D eigenvalue weighted by Crippen LogP contribution is 2.31. The van der Waals surface area contributed by atoms with Crippen LogP contribution in [-0.4, -0.2) is 14.6 Å². The van der Waals surface area contributed by atoms with E-state index in [0.717, 1.165) is 12.3 Å². The van der Waals surface area contributed by atoms with Gasteiger partial charge in [0.2, 0.25) is 0 Å². The van der Waals surface area contributed by atoms with Crippen molar-refractivity contribution >= 4 is 21.6 Å². The van der Waals surface area contributed by atoms with Crippen LogP contribution in [0, 0.1) is 0 Å². The van der Waals surface area contributed by atoms with Crippen molar-refractivity contribution in [2.24, 2.45) is 0 Å². The molecule has 7 heteroatoms. The summed E-state index contributed by atoms with van der Waals surface area (Å²) in [6, 6.07) is 0.976. The molecule has 74 valence electrons. The Kier molecular flexibility index (Phi) is 1.99. The molecule has 0 spiro atoms. The van der Waals surface area contributed by atoms with Crippen molar-refractivity contribution in [3.05, 3.63) is 28.6 Å². The first-order chi connectivity index (χ1) is 6.48. The molecule has 0 aromatic carbocycles. The molecule has 2 aromatic rings. The van der Waals surface area contributed by atoms with Crippen molar-refractivity contribution in [3.8, 4) is 0 Å². The van der Waals surface area contributed by atoms with E-state index in [1.807, 2.05) is 0 Å². The molecule has 2 rings (SSSR count). The average Bonchev–Trinajstić information content (AvgIpc) is 2.50. The second-order valence-corrected chi connectivity index (χ2v) is 3.49. The Morgan fingerprint density at radius 3 is 2.71 bits per heavy atom. The van der Waals surface area contributed by atoms with Crippen LogP contribution in [0.15, 0.2) is 23.1 Å². The van der Waals surface area contributed by atoms with Crippen molar-refractivity contribution in [2.75, 3.05) is 0 Å². The van der Waals surface area contributed by atoms with Crippen LogP contribution >= 0.6 is 15.9 Å². The van der Waals surface area contributed by atoms with Crippen molar-refractivity contribution in [2.45, 2.75) is 6.18 Å². The van der Waals surface area contributed by atoms with Crippen LogP contribution in [0.4, 0.5) is 13.2 Å². The topological polar surface area (TPSA) is 30.2 Å². The standard InChI is InChI=1S/C7H3BrF3N3/c8-5-1-4(7(9,10)11)2-14-3-12-13-6(5)14/h1-3H. The van der Waals surface area contributed by atoms with E-state index in [2.05, 4.69) is 26.1 Å².